The van der Waals surface area contributed by atoms with Crippen LogP contribution in [0.25, 0.3) is 0 Å². The van der Waals surface area contributed by atoms with Crippen LogP contribution in [0.15, 0.2) is 24.3 Å². The topological polar surface area (TPSA) is 49.4 Å². The zero-order valence-corrected chi connectivity index (χ0v) is 11.9. The number of rotatable bonds is 3. The third-order valence-corrected chi connectivity index (χ3v) is 4.26. The fourth-order valence-electron chi connectivity index (χ4n) is 2.82. The fraction of sp³-hybridized carbons (Fsp3) is 0.500. The van der Waals surface area contributed by atoms with Crippen LogP contribution < -0.4 is 10.2 Å². The number of hydrogen-bond acceptors (Lipinski definition) is 2. The Bertz CT molecular complexity index is 551. The van der Waals surface area contributed by atoms with Crippen LogP contribution in [-0.4, -0.2) is 23.9 Å². The van der Waals surface area contributed by atoms with Crippen LogP contribution in [0.3, 0.4) is 0 Å². The summed E-state index contributed by atoms with van der Waals surface area (Å²) >= 11 is 0. The smallest absolute Gasteiger partial charge is 0.250 e. The van der Waals surface area contributed by atoms with E-state index >= 15 is 0 Å². The molecular weight excluding hydrogens is 252 g/mol. The highest BCUT2D eigenvalue weighted by atomic mass is 16.2. The Morgan fingerprint density at radius 1 is 1.30 bits per heavy atom. The monoisotopic (exact) mass is 272 g/mol. The maximum Gasteiger partial charge on any atom is 0.250 e. The van der Waals surface area contributed by atoms with E-state index in [0.29, 0.717) is 5.92 Å². The lowest BCUT2D eigenvalue weighted by Crippen LogP contribution is -2.63. The third kappa shape index (κ3) is 2.19. The first-order valence-corrected chi connectivity index (χ1v) is 7.34. The molecule has 0 aromatic heterocycles. The van der Waals surface area contributed by atoms with Crippen molar-refractivity contribution in [3.05, 3.63) is 29.8 Å². The lowest BCUT2D eigenvalue weighted by atomic mass is 10.0. The third-order valence-electron chi connectivity index (χ3n) is 4.26. The number of aryl methyl sites for hydroxylation is 1. The molecule has 0 bridgehead atoms. The zero-order valence-electron chi connectivity index (χ0n) is 11.9. The van der Waals surface area contributed by atoms with Gasteiger partial charge < -0.3 is 5.32 Å². The van der Waals surface area contributed by atoms with Crippen LogP contribution in [0.1, 0.15) is 32.3 Å². The van der Waals surface area contributed by atoms with Crippen LogP contribution in [-0.2, 0) is 16.0 Å². The Hall–Kier alpha value is -1.84. The van der Waals surface area contributed by atoms with Gasteiger partial charge >= 0.3 is 0 Å². The van der Waals surface area contributed by atoms with E-state index in [1.807, 2.05) is 24.3 Å². The molecule has 1 aromatic rings. The fourth-order valence-corrected chi connectivity index (χ4v) is 2.82. The lowest BCUT2D eigenvalue weighted by molar-refractivity contribution is -0.133. The van der Waals surface area contributed by atoms with Gasteiger partial charge in [-0.15, -0.1) is 0 Å². The van der Waals surface area contributed by atoms with Crippen LogP contribution in [0, 0.1) is 5.92 Å². The number of carbonyl (C=O) groups is 2. The summed E-state index contributed by atoms with van der Waals surface area (Å²) in [5.74, 6) is 0.312. The van der Waals surface area contributed by atoms with Crippen molar-refractivity contribution in [3.63, 3.8) is 0 Å². The molecule has 20 heavy (non-hydrogen) atoms. The van der Waals surface area contributed by atoms with Crippen molar-refractivity contribution in [2.75, 3.05) is 4.90 Å². The van der Waals surface area contributed by atoms with E-state index in [9.17, 15) is 9.59 Å². The summed E-state index contributed by atoms with van der Waals surface area (Å²) in [6.07, 6.45) is 2.99. The van der Waals surface area contributed by atoms with E-state index in [1.54, 1.807) is 11.8 Å². The maximum atomic E-state index is 12.7. The van der Waals surface area contributed by atoms with E-state index in [-0.39, 0.29) is 17.9 Å². The first kappa shape index (κ1) is 13.2. The highest BCUT2D eigenvalue weighted by molar-refractivity contribution is 6.08. The molecule has 1 heterocycles. The second kappa shape index (κ2) is 4.93. The van der Waals surface area contributed by atoms with Crippen molar-refractivity contribution in [1.82, 2.24) is 5.32 Å². The number of nitrogens with one attached hydrogen (secondary N) is 1. The van der Waals surface area contributed by atoms with Crippen LogP contribution in [0.2, 0.25) is 0 Å². The van der Waals surface area contributed by atoms with Gasteiger partial charge in [0.1, 0.15) is 12.1 Å². The normalized spacial score (nSPS) is 26.6. The number of hydrogen-bond donors (Lipinski definition) is 1. The molecule has 1 aliphatic heterocycles. The summed E-state index contributed by atoms with van der Waals surface area (Å²) in [5, 5.41) is 2.88. The Morgan fingerprint density at radius 2 is 2.05 bits per heavy atom. The molecule has 2 fully saturated rings. The Balaban J connectivity index is 1.95. The second-order valence-corrected chi connectivity index (χ2v) is 5.73. The van der Waals surface area contributed by atoms with Crippen molar-refractivity contribution < 1.29 is 9.59 Å². The minimum atomic E-state index is -0.440. The molecule has 1 aliphatic carbocycles. The minimum Gasteiger partial charge on any atom is -0.342 e. The van der Waals surface area contributed by atoms with Crippen molar-refractivity contribution in [3.8, 4) is 0 Å². The molecule has 2 amide bonds. The highest BCUT2D eigenvalue weighted by Crippen LogP contribution is 2.36. The number of anilines is 1. The number of benzene rings is 1. The lowest BCUT2D eigenvalue weighted by Gasteiger charge is -2.37. The van der Waals surface area contributed by atoms with Gasteiger partial charge in [-0.2, -0.15) is 0 Å². The first-order chi connectivity index (χ1) is 9.61. The number of nitrogens with zero attached hydrogens (tertiary/aromatic N) is 1. The van der Waals surface area contributed by atoms with E-state index in [1.165, 1.54) is 5.56 Å². The van der Waals surface area contributed by atoms with E-state index in [4.69, 9.17) is 0 Å². The van der Waals surface area contributed by atoms with Crippen LogP contribution in [0.4, 0.5) is 5.69 Å². The van der Waals surface area contributed by atoms with Crippen molar-refractivity contribution in [2.45, 2.75) is 45.2 Å². The molecule has 1 saturated heterocycles. The molecule has 106 valence electrons. The molecule has 1 aromatic carbocycles. The summed E-state index contributed by atoms with van der Waals surface area (Å²) in [6.45, 7) is 3.87. The molecule has 0 radical (unpaired) electrons. The summed E-state index contributed by atoms with van der Waals surface area (Å²) < 4.78 is 0. The average molecular weight is 272 g/mol. The zero-order chi connectivity index (χ0) is 14.3. The molecule has 2 unspecified atom stereocenters. The molecule has 1 N–H and O–H groups in total. The first-order valence-electron chi connectivity index (χ1n) is 7.34. The Kier molecular flexibility index (Phi) is 3.24. The predicted octanol–water partition coefficient (Wildman–Crippen LogP) is 1.88. The Labute approximate surface area is 119 Å². The minimum absolute atomic E-state index is 0.0350. The molecule has 0 spiro atoms. The Morgan fingerprint density at radius 3 is 2.70 bits per heavy atom. The van der Waals surface area contributed by atoms with Gasteiger partial charge in [0.25, 0.3) is 5.91 Å². The van der Waals surface area contributed by atoms with E-state index in [2.05, 4.69) is 12.2 Å². The van der Waals surface area contributed by atoms with E-state index < -0.39 is 6.04 Å². The molecular formula is C16H20N2O2. The largest absolute Gasteiger partial charge is 0.342 e. The average Bonchev–Trinajstić information content (AvgIpc) is 3.28. The van der Waals surface area contributed by atoms with Gasteiger partial charge in [-0.1, -0.05) is 19.1 Å². The quantitative estimate of drug-likeness (QED) is 0.913. The van der Waals surface area contributed by atoms with Crippen molar-refractivity contribution >= 4 is 17.5 Å². The van der Waals surface area contributed by atoms with Gasteiger partial charge in [0.15, 0.2) is 0 Å². The summed E-state index contributed by atoms with van der Waals surface area (Å²) in [4.78, 5) is 26.5. The van der Waals surface area contributed by atoms with Gasteiger partial charge in [-0.05, 0) is 49.8 Å². The molecule has 2 aliphatic rings. The number of piperazine rings is 1. The van der Waals surface area contributed by atoms with Gasteiger partial charge in [-0.3, -0.25) is 14.5 Å². The second-order valence-electron chi connectivity index (χ2n) is 5.73. The summed E-state index contributed by atoms with van der Waals surface area (Å²) in [6, 6.07) is 7.15. The number of carbonyl (C=O) groups excluding carboxylic acids is 2. The maximum absolute atomic E-state index is 12.7. The molecule has 1 saturated carbocycles. The van der Waals surface area contributed by atoms with Gasteiger partial charge in [-0.25, -0.2) is 0 Å². The van der Waals surface area contributed by atoms with Crippen LogP contribution in [0.5, 0.6) is 0 Å². The van der Waals surface area contributed by atoms with E-state index in [0.717, 1.165) is 24.9 Å². The summed E-state index contributed by atoms with van der Waals surface area (Å²) in [5.41, 5.74) is 2.01. The standard InChI is InChI=1S/C16H20N2O2/c1-3-11-5-4-6-13(9-11)18-10(2)15(19)17-14(16(18)20)12-7-8-12/h4-6,9-10,12,14H,3,7-8H2,1-2H3,(H,17,19). The van der Waals surface area contributed by atoms with Crippen molar-refractivity contribution in [2.24, 2.45) is 5.92 Å². The van der Waals surface area contributed by atoms with Crippen LogP contribution >= 0.6 is 0 Å². The summed E-state index contributed by atoms with van der Waals surface area (Å²) in [7, 11) is 0. The molecule has 2 atom stereocenters. The molecule has 3 rings (SSSR count). The van der Waals surface area contributed by atoms with Gasteiger partial charge in [0.2, 0.25) is 5.91 Å². The van der Waals surface area contributed by atoms with Gasteiger partial charge in [0.05, 0.1) is 0 Å². The predicted molar refractivity (Wildman–Crippen MR) is 77.4 cm³/mol. The number of amides is 2. The molecule has 4 nitrogen and oxygen atoms in total. The highest BCUT2D eigenvalue weighted by Gasteiger charge is 2.45. The van der Waals surface area contributed by atoms with Crippen molar-refractivity contribution in [1.29, 1.82) is 0 Å². The molecule has 4 heteroatoms. The van der Waals surface area contributed by atoms with Gasteiger partial charge in [0, 0.05) is 5.69 Å². The SMILES string of the molecule is CCc1cccc(N2C(=O)C(C3CC3)NC(=O)C2C)c1.